The third kappa shape index (κ3) is 5.76. The topological polar surface area (TPSA) is 125 Å². The van der Waals surface area contributed by atoms with Crippen molar-refractivity contribution in [3.63, 3.8) is 0 Å². The van der Waals surface area contributed by atoms with Crippen LogP contribution in [0.5, 0.6) is 0 Å². The highest BCUT2D eigenvalue weighted by molar-refractivity contribution is 7.89. The lowest BCUT2D eigenvalue weighted by Crippen LogP contribution is -2.49. The number of likely N-dealkylation sites (N-methyl/N-ethyl adjacent to an activating group) is 1. The molecule has 3 N–H and O–H groups in total. The average Bonchev–Trinajstić information content (AvgIpc) is 3.35. The predicted molar refractivity (Wildman–Crippen MR) is 97.6 cm³/mol. The van der Waals surface area contributed by atoms with Gasteiger partial charge in [-0.1, -0.05) is 24.6 Å². The molecule has 0 saturated heterocycles. The Morgan fingerprint density at radius 3 is 2.22 bits per heavy atom. The summed E-state index contributed by atoms with van der Waals surface area (Å²) in [6, 6.07) is 6.25. The van der Waals surface area contributed by atoms with Crippen LogP contribution < -0.4 is 16.2 Å². The van der Waals surface area contributed by atoms with Gasteiger partial charge < -0.3 is 5.32 Å². The minimum atomic E-state index is -3.82. The van der Waals surface area contributed by atoms with Crippen molar-refractivity contribution in [1.82, 2.24) is 20.5 Å². The van der Waals surface area contributed by atoms with Crippen molar-refractivity contribution in [2.75, 3.05) is 20.1 Å². The molecule has 1 aliphatic rings. The van der Waals surface area contributed by atoms with Gasteiger partial charge in [0.05, 0.1) is 18.0 Å². The molecule has 9 nitrogen and oxygen atoms in total. The zero-order chi connectivity index (χ0) is 20.2. The van der Waals surface area contributed by atoms with Crippen molar-refractivity contribution < 1.29 is 22.8 Å². The molecule has 3 amide bonds. The maximum atomic E-state index is 12.4. The van der Waals surface area contributed by atoms with Crippen LogP contribution >= 0.6 is 0 Å². The highest BCUT2D eigenvalue weighted by Crippen LogP contribution is 2.37. The first-order valence-electron chi connectivity index (χ1n) is 8.49. The number of aryl methyl sites for hydroxylation is 1. The SMILES string of the molecule is Cc1ccc(S(=O)(=O)N(C)CC(=O)NNC(=O)CNC(=O)[C@H]2C[C@@H]2C)cc1. The maximum Gasteiger partial charge on any atom is 0.257 e. The summed E-state index contributed by atoms with van der Waals surface area (Å²) in [5.41, 5.74) is 5.18. The molecule has 0 aliphatic heterocycles. The van der Waals surface area contributed by atoms with E-state index in [4.69, 9.17) is 0 Å². The van der Waals surface area contributed by atoms with Gasteiger partial charge in [-0.2, -0.15) is 4.31 Å². The highest BCUT2D eigenvalue weighted by atomic mass is 32.2. The number of carbonyl (C=O) groups excluding carboxylic acids is 3. The summed E-state index contributed by atoms with van der Waals surface area (Å²) in [5.74, 6) is -1.21. The third-order valence-corrected chi connectivity index (χ3v) is 6.12. The summed E-state index contributed by atoms with van der Waals surface area (Å²) in [6.07, 6.45) is 0.811. The zero-order valence-corrected chi connectivity index (χ0v) is 16.3. The van der Waals surface area contributed by atoms with E-state index in [1.54, 1.807) is 12.1 Å². The van der Waals surface area contributed by atoms with Crippen LogP contribution in [0.2, 0.25) is 0 Å². The molecule has 0 aromatic heterocycles. The standard InChI is InChI=1S/C17H24N4O5S/c1-11-4-6-13(7-5-11)27(25,26)21(3)10-16(23)20-19-15(22)9-18-17(24)14-8-12(14)2/h4-7,12,14H,8-10H2,1-3H3,(H,18,24)(H,19,22)(H,20,23)/t12-,14-/m0/s1. The highest BCUT2D eigenvalue weighted by Gasteiger charge is 2.39. The number of hydrogen-bond acceptors (Lipinski definition) is 5. The van der Waals surface area contributed by atoms with Crippen molar-refractivity contribution in [3.8, 4) is 0 Å². The summed E-state index contributed by atoms with van der Waals surface area (Å²) in [4.78, 5) is 35.2. The summed E-state index contributed by atoms with van der Waals surface area (Å²) in [7, 11) is -2.54. The normalized spacial score (nSPS) is 18.7. The summed E-state index contributed by atoms with van der Waals surface area (Å²) in [6.45, 7) is 3.05. The molecule has 0 unspecified atom stereocenters. The number of nitrogens with one attached hydrogen (secondary N) is 3. The molecule has 1 aromatic carbocycles. The first-order valence-corrected chi connectivity index (χ1v) is 9.93. The van der Waals surface area contributed by atoms with Crippen LogP contribution in [-0.2, 0) is 24.4 Å². The monoisotopic (exact) mass is 396 g/mol. The average molecular weight is 396 g/mol. The van der Waals surface area contributed by atoms with Gasteiger partial charge in [-0.05, 0) is 31.4 Å². The van der Waals surface area contributed by atoms with E-state index in [0.29, 0.717) is 5.92 Å². The van der Waals surface area contributed by atoms with E-state index in [9.17, 15) is 22.8 Å². The molecule has 0 radical (unpaired) electrons. The Hall–Kier alpha value is -2.46. The lowest BCUT2D eigenvalue weighted by Gasteiger charge is -2.17. The molecular weight excluding hydrogens is 372 g/mol. The number of hydrogen-bond donors (Lipinski definition) is 3. The molecule has 1 aromatic rings. The molecule has 2 rings (SSSR count). The van der Waals surface area contributed by atoms with Crippen molar-refractivity contribution in [2.45, 2.75) is 25.2 Å². The number of rotatable bonds is 7. The van der Waals surface area contributed by atoms with Crippen molar-refractivity contribution in [3.05, 3.63) is 29.8 Å². The Morgan fingerprint density at radius 1 is 1.11 bits per heavy atom. The van der Waals surface area contributed by atoms with Gasteiger partial charge in [-0.25, -0.2) is 8.42 Å². The van der Waals surface area contributed by atoms with Crippen LogP contribution in [0.15, 0.2) is 29.2 Å². The number of benzene rings is 1. The molecule has 1 saturated carbocycles. The largest absolute Gasteiger partial charge is 0.347 e. The van der Waals surface area contributed by atoms with Gasteiger partial charge in [0.2, 0.25) is 15.9 Å². The van der Waals surface area contributed by atoms with Gasteiger partial charge in [0, 0.05) is 13.0 Å². The van der Waals surface area contributed by atoms with E-state index >= 15 is 0 Å². The molecular formula is C17H24N4O5S. The molecule has 10 heteroatoms. The van der Waals surface area contributed by atoms with Crippen molar-refractivity contribution in [2.24, 2.45) is 11.8 Å². The fourth-order valence-corrected chi connectivity index (χ4v) is 3.51. The molecule has 2 atom stereocenters. The van der Waals surface area contributed by atoms with Crippen LogP contribution in [0, 0.1) is 18.8 Å². The number of carbonyl (C=O) groups is 3. The smallest absolute Gasteiger partial charge is 0.257 e. The van der Waals surface area contributed by atoms with E-state index in [1.165, 1.54) is 19.2 Å². The van der Waals surface area contributed by atoms with Crippen molar-refractivity contribution in [1.29, 1.82) is 0 Å². The number of amides is 3. The first-order chi connectivity index (χ1) is 12.6. The second kappa shape index (κ2) is 8.49. The van der Waals surface area contributed by atoms with Crippen LogP contribution in [0.25, 0.3) is 0 Å². The molecule has 27 heavy (non-hydrogen) atoms. The van der Waals surface area contributed by atoms with Gasteiger partial charge >= 0.3 is 0 Å². The Labute approximate surface area is 158 Å². The van der Waals surface area contributed by atoms with Crippen LogP contribution in [0.1, 0.15) is 18.9 Å². The van der Waals surface area contributed by atoms with E-state index in [-0.39, 0.29) is 23.3 Å². The molecule has 0 bridgehead atoms. The lowest BCUT2D eigenvalue weighted by atomic mass is 10.2. The molecule has 0 heterocycles. The number of nitrogens with zero attached hydrogens (tertiary/aromatic N) is 1. The Morgan fingerprint density at radius 2 is 1.67 bits per heavy atom. The van der Waals surface area contributed by atoms with Crippen molar-refractivity contribution >= 4 is 27.7 Å². The quantitative estimate of drug-likeness (QED) is 0.538. The van der Waals surface area contributed by atoms with Gasteiger partial charge in [0.15, 0.2) is 0 Å². The number of sulfonamides is 1. The Bertz CT molecular complexity index is 822. The van der Waals surface area contributed by atoms with Crippen LogP contribution in [0.4, 0.5) is 0 Å². The second-order valence-corrected chi connectivity index (χ2v) is 8.75. The maximum absolute atomic E-state index is 12.4. The Balaban J connectivity index is 1.76. The Kier molecular flexibility index (Phi) is 6.55. The number of hydrazine groups is 1. The van der Waals surface area contributed by atoms with Crippen LogP contribution in [-0.4, -0.2) is 50.6 Å². The minimum absolute atomic E-state index is 0.0481. The minimum Gasteiger partial charge on any atom is -0.347 e. The van der Waals surface area contributed by atoms with E-state index in [0.717, 1.165) is 16.3 Å². The summed E-state index contributed by atoms with van der Waals surface area (Å²) < 4.78 is 25.7. The fraction of sp³-hybridized carbons (Fsp3) is 0.471. The van der Waals surface area contributed by atoms with E-state index in [2.05, 4.69) is 16.2 Å². The first kappa shape index (κ1) is 20.8. The third-order valence-electron chi connectivity index (χ3n) is 4.31. The summed E-state index contributed by atoms with van der Waals surface area (Å²) >= 11 is 0. The lowest BCUT2D eigenvalue weighted by molar-refractivity contribution is -0.130. The van der Waals surface area contributed by atoms with Gasteiger partial charge in [-0.3, -0.25) is 25.2 Å². The molecule has 0 spiro atoms. The van der Waals surface area contributed by atoms with Crippen LogP contribution in [0.3, 0.4) is 0 Å². The fourth-order valence-electron chi connectivity index (χ4n) is 2.39. The van der Waals surface area contributed by atoms with E-state index < -0.39 is 28.4 Å². The second-order valence-electron chi connectivity index (χ2n) is 6.71. The van der Waals surface area contributed by atoms with E-state index in [1.807, 2.05) is 13.8 Å². The van der Waals surface area contributed by atoms with Gasteiger partial charge in [0.25, 0.3) is 11.8 Å². The van der Waals surface area contributed by atoms with Gasteiger partial charge in [-0.15, -0.1) is 0 Å². The zero-order valence-electron chi connectivity index (χ0n) is 15.5. The molecule has 1 fully saturated rings. The summed E-state index contributed by atoms with van der Waals surface area (Å²) in [5, 5.41) is 2.48. The predicted octanol–water partition coefficient (Wildman–Crippen LogP) is -0.465. The van der Waals surface area contributed by atoms with Gasteiger partial charge in [0.1, 0.15) is 0 Å². The molecule has 1 aliphatic carbocycles. The molecule has 148 valence electrons.